The molecule has 1 aliphatic heterocycles. The van der Waals surface area contributed by atoms with Crippen molar-refractivity contribution in [3.05, 3.63) is 0 Å². The summed E-state index contributed by atoms with van der Waals surface area (Å²) in [4.78, 5) is 10.9. The molecule has 0 aliphatic carbocycles. The van der Waals surface area contributed by atoms with Gasteiger partial charge in [-0.3, -0.25) is 5.32 Å². The van der Waals surface area contributed by atoms with Crippen LogP contribution in [0.2, 0.25) is 0 Å². The van der Waals surface area contributed by atoms with Crippen molar-refractivity contribution >= 4 is 18.4 Å². The predicted molar refractivity (Wildman–Crippen MR) is 41.7 cm³/mol. The van der Waals surface area contributed by atoms with Crippen molar-refractivity contribution in [3.63, 3.8) is 0 Å². The van der Waals surface area contributed by atoms with Crippen molar-refractivity contribution in [2.45, 2.75) is 12.0 Å². The van der Waals surface area contributed by atoms with Crippen LogP contribution in [0.3, 0.4) is 0 Å². The first kappa shape index (κ1) is 10.7. The number of methoxy groups -OCH3 is 1. The first-order valence-electron chi connectivity index (χ1n) is 3.19. The van der Waals surface area contributed by atoms with Crippen LogP contribution in [-0.4, -0.2) is 36.9 Å². The topological polar surface area (TPSA) is 58.6 Å². The maximum atomic E-state index is 10.9. The van der Waals surface area contributed by atoms with Crippen LogP contribution in [0.15, 0.2) is 0 Å². The first-order valence-corrected chi connectivity index (χ1v) is 3.19. The molecule has 1 aliphatic rings. The van der Waals surface area contributed by atoms with Gasteiger partial charge in [0.25, 0.3) is 0 Å². The highest BCUT2D eigenvalue weighted by molar-refractivity contribution is 5.85. The van der Waals surface area contributed by atoms with E-state index in [-0.39, 0.29) is 25.0 Å². The third kappa shape index (κ3) is 1.64. The average molecular weight is 182 g/mol. The van der Waals surface area contributed by atoms with Gasteiger partial charge in [0.1, 0.15) is 5.54 Å². The lowest BCUT2D eigenvalue weighted by molar-refractivity contribution is -0.154. The van der Waals surface area contributed by atoms with Crippen LogP contribution in [0.5, 0.6) is 0 Å². The number of aliphatic hydroxyl groups excluding tert-OH is 1. The summed E-state index contributed by atoms with van der Waals surface area (Å²) in [6.45, 7) is 0.593. The molecule has 4 nitrogen and oxygen atoms in total. The van der Waals surface area contributed by atoms with Gasteiger partial charge in [0.15, 0.2) is 0 Å². The molecule has 5 heteroatoms. The molecule has 1 saturated heterocycles. The van der Waals surface area contributed by atoms with Crippen molar-refractivity contribution in [2.75, 3.05) is 20.3 Å². The molecule has 0 spiro atoms. The molecule has 0 bridgehead atoms. The summed E-state index contributed by atoms with van der Waals surface area (Å²) in [7, 11) is 1.32. The summed E-state index contributed by atoms with van der Waals surface area (Å²) < 4.78 is 4.49. The van der Waals surface area contributed by atoms with E-state index in [2.05, 4.69) is 10.1 Å². The van der Waals surface area contributed by atoms with Gasteiger partial charge in [-0.25, -0.2) is 4.79 Å². The van der Waals surface area contributed by atoms with E-state index in [1.165, 1.54) is 7.11 Å². The lowest BCUT2D eigenvalue weighted by Gasteiger charge is -2.38. The van der Waals surface area contributed by atoms with Crippen molar-refractivity contribution in [1.82, 2.24) is 5.32 Å². The van der Waals surface area contributed by atoms with Crippen LogP contribution >= 0.6 is 12.4 Å². The Morgan fingerprint density at radius 2 is 2.36 bits per heavy atom. The van der Waals surface area contributed by atoms with E-state index < -0.39 is 5.54 Å². The molecule has 1 rings (SSSR count). The SMILES string of the molecule is COC(=O)C1(CO)CCN1.Cl. The van der Waals surface area contributed by atoms with Crippen LogP contribution in [0.25, 0.3) is 0 Å². The van der Waals surface area contributed by atoms with E-state index in [4.69, 9.17) is 5.11 Å². The monoisotopic (exact) mass is 181 g/mol. The molecule has 1 heterocycles. The van der Waals surface area contributed by atoms with Crippen molar-refractivity contribution in [2.24, 2.45) is 0 Å². The lowest BCUT2D eigenvalue weighted by atomic mass is 9.89. The summed E-state index contributed by atoms with van der Waals surface area (Å²) in [5, 5.41) is 11.6. The number of nitrogens with one attached hydrogen (secondary N) is 1. The van der Waals surface area contributed by atoms with E-state index in [1.807, 2.05) is 0 Å². The lowest BCUT2D eigenvalue weighted by Crippen LogP contribution is -2.65. The quantitative estimate of drug-likeness (QED) is 0.554. The number of carbonyl (C=O) groups excluding carboxylic acids is 1. The molecule has 0 aromatic rings. The zero-order chi connectivity index (χ0) is 7.61. The van der Waals surface area contributed by atoms with Crippen molar-refractivity contribution in [1.29, 1.82) is 0 Å². The Bertz CT molecular complexity index is 141. The van der Waals surface area contributed by atoms with E-state index in [9.17, 15) is 4.79 Å². The van der Waals surface area contributed by atoms with Gasteiger partial charge in [-0.05, 0) is 13.0 Å². The zero-order valence-corrected chi connectivity index (χ0v) is 7.11. The standard InChI is InChI=1S/C6H11NO3.ClH/c1-10-5(9)6(4-8)2-3-7-6;/h7-8H,2-4H2,1H3;1H. The Hall–Kier alpha value is -0.320. The van der Waals surface area contributed by atoms with E-state index in [1.54, 1.807) is 0 Å². The van der Waals surface area contributed by atoms with Crippen LogP contribution in [0.4, 0.5) is 0 Å². The fourth-order valence-electron chi connectivity index (χ4n) is 0.996. The molecule has 11 heavy (non-hydrogen) atoms. The molecule has 1 unspecified atom stereocenters. The molecule has 1 fully saturated rings. The molecule has 66 valence electrons. The number of hydrogen-bond donors (Lipinski definition) is 2. The summed E-state index contributed by atoms with van der Waals surface area (Å²) in [6.07, 6.45) is 0.663. The van der Waals surface area contributed by atoms with Gasteiger partial charge in [0.05, 0.1) is 13.7 Å². The maximum Gasteiger partial charge on any atom is 0.328 e. The summed E-state index contributed by atoms with van der Waals surface area (Å²) in [6, 6.07) is 0. The Morgan fingerprint density at radius 1 is 1.82 bits per heavy atom. The smallest absolute Gasteiger partial charge is 0.328 e. The molecular formula is C6H12ClNO3. The molecular weight excluding hydrogens is 170 g/mol. The van der Waals surface area contributed by atoms with E-state index >= 15 is 0 Å². The normalized spacial score (nSPS) is 28.2. The van der Waals surface area contributed by atoms with E-state index in [0.29, 0.717) is 6.42 Å². The molecule has 0 amide bonds. The fourth-order valence-corrected chi connectivity index (χ4v) is 0.996. The van der Waals surface area contributed by atoms with Gasteiger partial charge in [0.2, 0.25) is 0 Å². The number of halogens is 1. The molecule has 2 N–H and O–H groups in total. The number of ether oxygens (including phenoxy) is 1. The third-order valence-corrected chi connectivity index (χ3v) is 1.86. The van der Waals surface area contributed by atoms with Gasteiger partial charge in [-0.15, -0.1) is 12.4 Å². The van der Waals surface area contributed by atoms with Crippen LogP contribution in [-0.2, 0) is 9.53 Å². The Labute approximate surface area is 71.3 Å². The number of carbonyl (C=O) groups is 1. The molecule has 0 saturated carbocycles. The number of rotatable bonds is 2. The predicted octanol–water partition coefficient (Wildman–Crippen LogP) is -0.694. The minimum atomic E-state index is -0.783. The highest BCUT2D eigenvalue weighted by Gasteiger charge is 2.44. The molecule has 1 atom stereocenters. The first-order chi connectivity index (χ1) is 4.75. The highest BCUT2D eigenvalue weighted by Crippen LogP contribution is 2.18. The largest absolute Gasteiger partial charge is 0.468 e. The summed E-state index contributed by atoms with van der Waals surface area (Å²) in [5.41, 5.74) is -0.783. The minimum Gasteiger partial charge on any atom is -0.468 e. The summed E-state index contributed by atoms with van der Waals surface area (Å²) in [5.74, 6) is -0.374. The second-order valence-corrected chi connectivity index (χ2v) is 2.41. The zero-order valence-electron chi connectivity index (χ0n) is 6.29. The van der Waals surface area contributed by atoms with Gasteiger partial charge in [-0.2, -0.15) is 0 Å². The number of esters is 1. The van der Waals surface area contributed by atoms with Crippen molar-refractivity contribution < 1.29 is 14.6 Å². The summed E-state index contributed by atoms with van der Waals surface area (Å²) >= 11 is 0. The second kappa shape index (κ2) is 3.90. The van der Waals surface area contributed by atoms with Gasteiger partial charge >= 0.3 is 5.97 Å². The number of aliphatic hydroxyl groups is 1. The Kier molecular flexibility index (Phi) is 3.78. The second-order valence-electron chi connectivity index (χ2n) is 2.41. The van der Waals surface area contributed by atoms with Crippen LogP contribution < -0.4 is 5.32 Å². The molecule has 0 radical (unpaired) electrons. The van der Waals surface area contributed by atoms with Gasteiger partial charge in [0, 0.05) is 0 Å². The fraction of sp³-hybridized carbons (Fsp3) is 0.833. The average Bonchev–Trinajstić information content (AvgIpc) is 1.86. The minimum absolute atomic E-state index is 0. The van der Waals surface area contributed by atoms with Crippen LogP contribution in [0, 0.1) is 0 Å². The Balaban J connectivity index is 0.000001000. The van der Waals surface area contributed by atoms with E-state index in [0.717, 1.165) is 6.54 Å². The van der Waals surface area contributed by atoms with Crippen LogP contribution in [0.1, 0.15) is 6.42 Å². The Morgan fingerprint density at radius 3 is 2.45 bits per heavy atom. The van der Waals surface area contributed by atoms with Crippen molar-refractivity contribution in [3.8, 4) is 0 Å². The molecule has 0 aromatic heterocycles. The highest BCUT2D eigenvalue weighted by atomic mass is 35.5. The van der Waals surface area contributed by atoms with Gasteiger partial charge in [-0.1, -0.05) is 0 Å². The maximum absolute atomic E-state index is 10.9. The third-order valence-electron chi connectivity index (χ3n) is 1.86. The van der Waals surface area contributed by atoms with Gasteiger partial charge < -0.3 is 9.84 Å². The number of hydrogen-bond acceptors (Lipinski definition) is 4. The molecule has 0 aromatic carbocycles.